The lowest BCUT2D eigenvalue weighted by molar-refractivity contribution is 0.102. The minimum Gasteiger partial charge on any atom is -0.507 e. The maximum absolute atomic E-state index is 12.5. The van der Waals surface area contributed by atoms with Crippen molar-refractivity contribution in [2.24, 2.45) is 0 Å². The standard InChI is InChI=1S/C25H26N4O3/c1-3-13-26-25(32)29-22(17-9-10-17)15-21(28-29)20-12-11-19(14-23(20)30)27-24(31)18-7-5-16(4-2)6-8-18/h3,5-8,11-12,14-15,17,30H,1,4,9-10,13H2,2H3,(H,26,32)(H,27,31). The fourth-order valence-electron chi connectivity index (χ4n) is 3.52. The summed E-state index contributed by atoms with van der Waals surface area (Å²) < 4.78 is 1.37. The van der Waals surface area contributed by atoms with Crippen molar-refractivity contribution in [3.05, 3.63) is 78.0 Å². The molecule has 3 aromatic rings. The van der Waals surface area contributed by atoms with Crippen molar-refractivity contribution in [3.63, 3.8) is 0 Å². The van der Waals surface area contributed by atoms with Gasteiger partial charge in [0.2, 0.25) is 0 Å². The fourth-order valence-corrected chi connectivity index (χ4v) is 3.52. The maximum atomic E-state index is 12.5. The van der Waals surface area contributed by atoms with E-state index in [1.807, 2.05) is 18.2 Å². The molecular formula is C25H26N4O3. The van der Waals surface area contributed by atoms with Crippen LogP contribution in [-0.4, -0.2) is 33.4 Å². The van der Waals surface area contributed by atoms with Gasteiger partial charge in [0.1, 0.15) is 5.75 Å². The Morgan fingerprint density at radius 3 is 2.56 bits per heavy atom. The Balaban J connectivity index is 1.54. The molecule has 1 aromatic heterocycles. The van der Waals surface area contributed by atoms with E-state index in [9.17, 15) is 14.7 Å². The van der Waals surface area contributed by atoms with Crippen molar-refractivity contribution in [3.8, 4) is 17.0 Å². The minimum absolute atomic E-state index is 0.0253. The van der Waals surface area contributed by atoms with Gasteiger partial charge in [0.15, 0.2) is 0 Å². The number of rotatable bonds is 7. The first-order valence-electron chi connectivity index (χ1n) is 10.7. The molecule has 0 spiro atoms. The van der Waals surface area contributed by atoms with Gasteiger partial charge in [-0.2, -0.15) is 9.78 Å². The zero-order valence-corrected chi connectivity index (χ0v) is 18.0. The quantitative estimate of drug-likeness (QED) is 0.474. The third-order valence-electron chi connectivity index (χ3n) is 5.48. The summed E-state index contributed by atoms with van der Waals surface area (Å²) in [5.74, 6) is 0.0205. The number of nitrogens with one attached hydrogen (secondary N) is 2. The number of amides is 2. The third kappa shape index (κ3) is 4.56. The van der Waals surface area contributed by atoms with Crippen LogP contribution in [0.25, 0.3) is 11.3 Å². The Labute approximate surface area is 186 Å². The number of carbonyl (C=O) groups is 2. The molecule has 3 N–H and O–H groups in total. The highest BCUT2D eigenvalue weighted by Gasteiger charge is 2.30. The molecule has 0 atom stereocenters. The summed E-state index contributed by atoms with van der Waals surface area (Å²) in [5.41, 5.74) is 4.00. The highest BCUT2D eigenvalue weighted by Crippen LogP contribution is 2.42. The second kappa shape index (κ2) is 9.09. The summed E-state index contributed by atoms with van der Waals surface area (Å²) >= 11 is 0. The summed E-state index contributed by atoms with van der Waals surface area (Å²) in [6.07, 6.45) is 4.54. The van der Waals surface area contributed by atoms with Crippen molar-refractivity contribution < 1.29 is 14.7 Å². The first-order valence-corrected chi connectivity index (χ1v) is 10.7. The smallest absolute Gasteiger partial charge is 0.342 e. The van der Waals surface area contributed by atoms with Crippen LogP contribution in [0.1, 0.15) is 47.3 Å². The Morgan fingerprint density at radius 2 is 1.94 bits per heavy atom. The van der Waals surface area contributed by atoms with E-state index in [1.165, 1.54) is 10.7 Å². The number of benzene rings is 2. The minimum atomic E-state index is -0.324. The van der Waals surface area contributed by atoms with E-state index in [2.05, 4.69) is 29.2 Å². The molecule has 1 aliphatic carbocycles. The van der Waals surface area contributed by atoms with Gasteiger partial charge in [-0.25, -0.2) is 4.79 Å². The molecule has 2 amide bonds. The van der Waals surface area contributed by atoms with Crippen LogP contribution in [0.15, 0.2) is 61.2 Å². The summed E-state index contributed by atoms with van der Waals surface area (Å²) in [7, 11) is 0. The zero-order chi connectivity index (χ0) is 22.7. The first-order chi connectivity index (χ1) is 15.5. The van der Waals surface area contributed by atoms with Crippen LogP contribution < -0.4 is 10.6 Å². The molecule has 0 unspecified atom stereocenters. The summed E-state index contributed by atoms with van der Waals surface area (Å²) in [6, 6.07) is 13.8. The van der Waals surface area contributed by atoms with Gasteiger partial charge in [-0.1, -0.05) is 25.1 Å². The number of carbonyl (C=O) groups excluding carboxylic acids is 2. The summed E-state index contributed by atoms with van der Waals surface area (Å²) in [5, 5.41) is 20.6. The molecule has 0 aliphatic heterocycles. The van der Waals surface area contributed by atoms with Crippen molar-refractivity contribution in [2.45, 2.75) is 32.1 Å². The molecule has 0 bridgehead atoms. The third-order valence-corrected chi connectivity index (χ3v) is 5.48. The number of hydrogen-bond donors (Lipinski definition) is 3. The molecule has 1 saturated carbocycles. The average molecular weight is 431 g/mol. The fraction of sp³-hybridized carbons (Fsp3) is 0.240. The molecular weight excluding hydrogens is 404 g/mol. The summed E-state index contributed by atoms with van der Waals surface area (Å²) in [4.78, 5) is 25.0. The van der Waals surface area contributed by atoms with E-state index in [0.29, 0.717) is 35.0 Å². The number of aryl methyl sites for hydroxylation is 1. The van der Waals surface area contributed by atoms with Gasteiger partial charge in [0.25, 0.3) is 5.91 Å². The van der Waals surface area contributed by atoms with Crippen LogP contribution in [0.2, 0.25) is 0 Å². The summed E-state index contributed by atoms with van der Waals surface area (Å²) in [6.45, 7) is 6.01. The lowest BCUT2D eigenvalue weighted by Gasteiger charge is -2.08. The number of aromatic hydroxyl groups is 1. The van der Waals surface area contributed by atoms with E-state index in [4.69, 9.17) is 0 Å². The van der Waals surface area contributed by atoms with Crippen LogP contribution >= 0.6 is 0 Å². The van der Waals surface area contributed by atoms with Gasteiger partial charge in [0.05, 0.1) is 11.4 Å². The number of aromatic nitrogens is 2. The topological polar surface area (TPSA) is 96.3 Å². The zero-order valence-electron chi connectivity index (χ0n) is 18.0. The average Bonchev–Trinajstić information content (AvgIpc) is 3.56. The molecule has 0 saturated heterocycles. The number of nitrogens with zero attached hydrogens (tertiary/aromatic N) is 2. The van der Waals surface area contributed by atoms with E-state index in [1.54, 1.807) is 30.3 Å². The second-order valence-corrected chi connectivity index (χ2v) is 7.85. The van der Waals surface area contributed by atoms with E-state index in [-0.39, 0.29) is 17.7 Å². The van der Waals surface area contributed by atoms with Crippen molar-refractivity contribution in [1.29, 1.82) is 0 Å². The predicted molar refractivity (Wildman–Crippen MR) is 124 cm³/mol. The van der Waals surface area contributed by atoms with Gasteiger partial charge >= 0.3 is 6.03 Å². The van der Waals surface area contributed by atoms with Gasteiger partial charge < -0.3 is 15.7 Å². The van der Waals surface area contributed by atoms with Gasteiger partial charge in [-0.15, -0.1) is 6.58 Å². The highest BCUT2D eigenvalue weighted by atomic mass is 16.3. The van der Waals surface area contributed by atoms with Crippen LogP contribution in [0.3, 0.4) is 0 Å². The molecule has 1 heterocycles. The number of phenols is 1. The Kier molecular flexibility index (Phi) is 6.07. The first kappa shape index (κ1) is 21.4. The normalized spacial score (nSPS) is 12.9. The number of anilines is 1. The van der Waals surface area contributed by atoms with Crippen molar-refractivity contribution >= 4 is 17.6 Å². The van der Waals surface area contributed by atoms with Crippen LogP contribution in [-0.2, 0) is 6.42 Å². The highest BCUT2D eigenvalue weighted by molar-refractivity contribution is 6.04. The molecule has 7 heteroatoms. The lowest BCUT2D eigenvalue weighted by atomic mass is 10.1. The molecule has 32 heavy (non-hydrogen) atoms. The number of phenolic OH excluding ortho intramolecular Hbond substituents is 1. The van der Waals surface area contributed by atoms with E-state index in [0.717, 1.165) is 30.5 Å². The molecule has 1 fully saturated rings. The van der Waals surface area contributed by atoms with E-state index >= 15 is 0 Å². The monoisotopic (exact) mass is 430 g/mol. The van der Waals surface area contributed by atoms with Gasteiger partial charge in [0, 0.05) is 35.3 Å². The Hall–Kier alpha value is -3.87. The Morgan fingerprint density at radius 1 is 1.19 bits per heavy atom. The van der Waals surface area contributed by atoms with Crippen molar-refractivity contribution in [1.82, 2.24) is 15.1 Å². The van der Waals surface area contributed by atoms with Gasteiger partial charge in [-0.05, 0) is 55.2 Å². The maximum Gasteiger partial charge on any atom is 0.342 e. The SMILES string of the molecule is C=CCNC(=O)n1nc(-c2ccc(NC(=O)c3ccc(CC)cc3)cc2O)cc1C1CC1. The largest absolute Gasteiger partial charge is 0.507 e. The number of hydrogen-bond acceptors (Lipinski definition) is 4. The Bertz CT molecular complexity index is 1160. The molecule has 1 aliphatic rings. The lowest BCUT2D eigenvalue weighted by Crippen LogP contribution is -2.30. The molecule has 164 valence electrons. The van der Waals surface area contributed by atoms with E-state index < -0.39 is 0 Å². The van der Waals surface area contributed by atoms with Crippen LogP contribution in [0.4, 0.5) is 10.5 Å². The van der Waals surface area contributed by atoms with Crippen LogP contribution in [0.5, 0.6) is 5.75 Å². The molecule has 0 radical (unpaired) electrons. The second-order valence-electron chi connectivity index (χ2n) is 7.85. The van der Waals surface area contributed by atoms with Gasteiger partial charge in [-0.3, -0.25) is 4.79 Å². The molecule has 7 nitrogen and oxygen atoms in total. The molecule has 4 rings (SSSR count). The predicted octanol–water partition coefficient (Wildman–Crippen LogP) is 4.69. The van der Waals surface area contributed by atoms with Crippen molar-refractivity contribution in [2.75, 3.05) is 11.9 Å². The van der Waals surface area contributed by atoms with Crippen LogP contribution in [0, 0.1) is 0 Å². The molecule has 2 aromatic carbocycles.